The molecule has 0 spiro atoms. The summed E-state index contributed by atoms with van der Waals surface area (Å²) in [5.74, 6) is 0.839. The summed E-state index contributed by atoms with van der Waals surface area (Å²) in [6.45, 7) is 3.25. The van der Waals surface area contributed by atoms with E-state index in [9.17, 15) is 9.59 Å². The van der Waals surface area contributed by atoms with Crippen molar-refractivity contribution < 1.29 is 14.3 Å². The minimum atomic E-state index is -0.553. The van der Waals surface area contributed by atoms with E-state index in [1.54, 1.807) is 28.0 Å². The Labute approximate surface area is 202 Å². The minimum absolute atomic E-state index is 0.0800. The van der Waals surface area contributed by atoms with Crippen molar-refractivity contribution in [3.8, 4) is 5.75 Å². The third-order valence-electron chi connectivity index (χ3n) is 5.92. The summed E-state index contributed by atoms with van der Waals surface area (Å²) in [4.78, 5) is 38.2. The molecule has 0 radical (unpaired) electrons. The summed E-state index contributed by atoms with van der Waals surface area (Å²) in [5.41, 5.74) is 8.05. The van der Waals surface area contributed by atoms with Gasteiger partial charge in [-0.15, -0.1) is 0 Å². The van der Waals surface area contributed by atoms with Crippen LogP contribution in [0.25, 0.3) is 10.9 Å². The molecule has 1 aromatic heterocycles. The molecule has 3 N–H and O–H groups in total. The first-order valence-electron chi connectivity index (χ1n) is 11.1. The number of benzene rings is 2. The highest BCUT2D eigenvalue weighted by molar-refractivity contribution is 6.31. The van der Waals surface area contributed by atoms with E-state index in [2.05, 4.69) is 15.3 Å². The van der Waals surface area contributed by atoms with Crippen LogP contribution in [0.2, 0.25) is 5.02 Å². The fourth-order valence-corrected chi connectivity index (χ4v) is 4.37. The summed E-state index contributed by atoms with van der Waals surface area (Å²) in [6.07, 6.45) is 2.76. The molecule has 1 aliphatic heterocycles. The number of nitrogens with zero attached hydrogens (tertiary/aromatic N) is 4. The number of ether oxygens (including phenoxy) is 1. The lowest BCUT2D eigenvalue weighted by Crippen LogP contribution is -2.59. The van der Waals surface area contributed by atoms with Gasteiger partial charge in [-0.3, -0.25) is 4.79 Å². The van der Waals surface area contributed by atoms with E-state index < -0.39 is 6.04 Å². The highest BCUT2D eigenvalue weighted by Gasteiger charge is 2.37. The lowest BCUT2D eigenvalue weighted by molar-refractivity contribution is -0.140. The number of carbonyl (C=O) groups excluding carboxylic acids is 2. The predicted octanol–water partition coefficient (Wildman–Crippen LogP) is 3.92. The Balaban J connectivity index is 1.50. The molecule has 9 nitrogen and oxygen atoms in total. The van der Waals surface area contributed by atoms with Crippen molar-refractivity contribution in [3.63, 3.8) is 0 Å². The first-order valence-corrected chi connectivity index (χ1v) is 11.5. The van der Waals surface area contributed by atoms with Gasteiger partial charge < -0.3 is 25.6 Å². The average molecular weight is 483 g/mol. The van der Waals surface area contributed by atoms with Crippen molar-refractivity contribution in [1.29, 1.82) is 0 Å². The van der Waals surface area contributed by atoms with Crippen LogP contribution in [0.15, 0.2) is 42.7 Å². The Bertz CT molecular complexity index is 1220. The molecule has 0 saturated carbocycles. The van der Waals surface area contributed by atoms with Gasteiger partial charge in [0.15, 0.2) is 0 Å². The van der Waals surface area contributed by atoms with Crippen LogP contribution in [-0.4, -0.2) is 57.9 Å². The molecular weight excluding hydrogens is 456 g/mol. The molecule has 0 unspecified atom stereocenters. The topological polar surface area (TPSA) is 114 Å². The predicted molar refractivity (Wildman–Crippen MR) is 132 cm³/mol. The number of hydrogen-bond donors (Lipinski definition) is 2. The van der Waals surface area contributed by atoms with Gasteiger partial charge in [-0.25, -0.2) is 14.8 Å². The van der Waals surface area contributed by atoms with Crippen molar-refractivity contribution in [2.24, 2.45) is 0 Å². The van der Waals surface area contributed by atoms with Crippen LogP contribution in [0.1, 0.15) is 25.3 Å². The third-order valence-corrected chi connectivity index (χ3v) is 6.15. The monoisotopic (exact) mass is 482 g/mol. The molecule has 178 valence electrons. The first kappa shape index (κ1) is 23.6. The second kappa shape index (κ2) is 10.1. The van der Waals surface area contributed by atoms with E-state index in [0.29, 0.717) is 48.3 Å². The molecule has 10 heteroatoms. The summed E-state index contributed by atoms with van der Waals surface area (Å²) < 4.78 is 5.32. The van der Waals surface area contributed by atoms with Crippen molar-refractivity contribution in [2.45, 2.75) is 32.4 Å². The zero-order valence-corrected chi connectivity index (χ0v) is 19.9. The normalized spacial score (nSPS) is 16.1. The van der Waals surface area contributed by atoms with E-state index in [1.165, 1.54) is 13.4 Å². The van der Waals surface area contributed by atoms with Crippen LogP contribution in [0, 0.1) is 0 Å². The Morgan fingerprint density at radius 3 is 2.82 bits per heavy atom. The minimum Gasteiger partial charge on any atom is -0.495 e. The quantitative estimate of drug-likeness (QED) is 0.550. The summed E-state index contributed by atoms with van der Waals surface area (Å²) in [6, 6.07) is 9.80. The zero-order chi connectivity index (χ0) is 24.2. The maximum Gasteiger partial charge on any atom is 0.322 e. The van der Waals surface area contributed by atoms with E-state index in [0.717, 1.165) is 22.9 Å². The maximum absolute atomic E-state index is 13.4. The number of halogens is 1. The lowest BCUT2D eigenvalue weighted by Gasteiger charge is -2.40. The number of piperazine rings is 1. The van der Waals surface area contributed by atoms with Crippen LogP contribution in [0.3, 0.4) is 0 Å². The SMILES string of the molecule is CCC[C@H]1C(=O)N(Cc2ccc3c(N)ncnc3c2)CCN1C(=O)Nc1cc(Cl)ccc1OC. The van der Waals surface area contributed by atoms with Crippen LogP contribution in [0.4, 0.5) is 16.3 Å². The fourth-order valence-electron chi connectivity index (χ4n) is 4.20. The second-order valence-corrected chi connectivity index (χ2v) is 8.58. The molecule has 1 saturated heterocycles. The summed E-state index contributed by atoms with van der Waals surface area (Å²) in [7, 11) is 1.52. The number of hydrogen-bond acceptors (Lipinski definition) is 6. The number of methoxy groups -OCH3 is 1. The number of anilines is 2. The molecule has 3 amide bonds. The van der Waals surface area contributed by atoms with Gasteiger partial charge in [0.25, 0.3) is 0 Å². The third kappa shape index (κ3) is 4.84. The number of aromatic nitrogens is 2. The standard InChI is InChI=1S/C24H27ClN6O3/c1-3-4-20-23(32)30(13-15-5-7-17-18(11-15)27-14-28-22(17)26)9-10-31(20)24(33)29-19-12-16(25)6-8-21(19)34-2/h5-8,11-12,14,20H,3-4,9-10,13H2,1-2H3,(H,29,33)(H2,26,27,28)/t20-/m0/s1. The van der Waals surface area contributed by atoms with E-state index >= 15 is 0 Å². The molecule has 1 aliphatic rings. The number of urea groups is 1. The lowest BCUT2D eigenvalue weighted by atomic mass is 10.0. The van der Waals surface area contributed by atoms with Gasteiger partial charge >= 0.3 is 6.03 Å². The molecule has 0 bridgehead atoms. The number of nitrogens with two attached hydrogens (primary N) is 1. The number of amides is 3. The van der Waals surface area contributed by atoms with Crippen molar-refractivity contribution in [2.75, 3.05) is 31.2 Å². The Morgan fingerprint density at radius 2 is 2.06 bits per heavy atom. The highest BCUT2D eigenvalue weighted by Crippen LogP contribution is 2.29. The molecule has 2 heterocycles. The van der Waals surface area contributed by atoms with Crippen LogP contribution in [-0.2, 0) is 11.3 Å². The van der Waals surface area contributed by atoms with Crippen LogP contribution >= 0.6 is 11.6 Å². The Hall–Kier alpha value is -3.59. The fraction of sp³-hybridized carbons (Fsp3) is 0.333. The number of carbonyl (C=O) groups is 2. The second-order valence-electron chi connectivity index (χ2n) is 8.14. The van der Waals surface area contributed by atoms with Crippen LogP contribution < -0.4 is 15.8 Å². The van der Waals surface area contributed by atoms with Gasteiger partial charge in [-0.05, 0) is 42.3 Å². The number of fused-ring (bicyclic) bond motifs is 1. The van der Waals surface area contributed by atoms with Crippen LogP contribution in [0.5, 0.6) is 5.75 Å². The van der Waals surface area contributed by atoms with Gasteiger partial charge in [0.1, 0.15) is 23.9 Å². The molecule has 34 heavy (non-hydrogen) atoms. The molecule has 2 aromatic carbocycles. The number of nitrogen functional groups attached to an aromatic ring is 1. The van der Waals surface area contributed by atoms with Gasteiger partial charge in [0, 0.05) is 30.0 Å². The van der Waals surface area contributed by atoms with Gasteiger partial charge in [-0.1, -0.05) is 31.0 Å². The molecule has 0 aliphatic carbocycles. The zero-order valence-electron chi connectivity index (χ0n) is 19.1. The van der Waals surface area contributed by atoms with Gasteiger partial charge in [-0.2, -0.15) is 0 Å². The van der Waals surface area contributed by atoms with Crippen molar-refractivity contribution >= 4 is 45.9 Å². The first-order chi connectivity index (χ1) is 16.4. The molecule has 1 atom stereocenters. The van der Waals surface area contributed by atoms with E-state index in [4.69, 9.17) is 22.1 Å². The average Bonchev–Trinajstić information content (AvgIpc) is 2.82. The van der Waals surface area contributed by atoms with Crippen molar-refractivity contribution in [1.82, 2.24) is 19.8 Å². The Kier molecular flexibility index (Phi) is 7.02. The smallest absolute Gasteiger partial charge is 0.322 e. The summed E-state index contributed by atoms with van der Waals surface area (Å²) in [5, 5.41) is 4.11. The van der Waals surface area contributed by atoms with Crippen molar-refractivity contribution in [3.05, 3.63) is 53.3 Å². The molecular formula is C24H27ClN6O3. The van der Waals surface area contributed by atoms with Gasteiger partial charge in [0.2, 0.25) is 5.91 Å². The highest BCUT2D eigenvalue weighted by atomic mass is 35.5. The maximum atomic E-state index is 13.4. The summed E-state index contributed by atoms with van der Waals surface area (Å²) >= 11 is 6.09. The molecule has 3 aromatic rings. The van der Waals surface area contributed by atoms with Gasteiger partial charge in [0.05, 0.1) is 18.3 Å². The molecule has 1 fully saturated rings. The number of nitrogens with one attached hydrogen (secondary N) is 1. The molecule has 4 rings (SSSR count). The largest absolute Gasteiger partial charge is 0.495 e. The Morgan fingerprint density at radius 1 is 1.24 bits per heavy atom. The number of rotatable bonds is 6. The van der Waals surface area contributed by atoms with E-state index in [1.807, 2.05) is 25.1 Å². The van der Waals surface area contributed by atoms with E-state index in [-0.39, 0.29) is 11.9 Å².